The summed E-state index contributed by atoms with van der Waals surface area (Å²) in [4.78, 5) is 28.0. The number of hydrogen-bond acceptors (Lipinski definition) is 5. The molecule has 0 fully saturated rings. The van der Waals surface area contributed by atoms with E-state index in [0.29, 0.717) is 12.1 Å². The number of esters is 1. The van der Waals surface area contributed by atoms with Crippen LogP contribution in [0.5, 0.6) is 0 Å². The van der Waals surface area contributed by atoms with Gasteiger partial charge in [0.2, 0.25) is 0 Å². The average Bonchev–Trinajstić information content (AvgIpc) is 3.09. The van der Waals surface area contributed by atoms with Gasteiger partial charge in [-0.15, -0.1) is 11.3 Å². The Balaban J connectivity index is 1.45. The summed E-state index contributed by atoms with van der Waals surface area (Å²) in [6.07, 6.45) is 0.744. The SMILES string of the molecule is Cc1ccccc1CCNC(=O)COC(=O)c1ccc2ncsc2c1. The predicted octanol–water partition coefficient (Wildman–Crippen LogP) is 3.12. The van der Waals surface area contributed by atoms with Gasteiger partial charge in [-0.25, -0.2) is 9.78 Å². The molecule has 1 aromatic heterocycles. The van der Waals surface area contributed by atoms with Crippen LogP contribution in [0.25, 0.3) is 10.2 Å². The van der Waals surface area contributed by atoms with Gasteiger partial charge in [0.15, 0.2) is 6.61 Å². The van der Waals surface area contributed by atoms with Crippen LogP contribution in [0.2, 0.25) is 0 Å². The topological polar surface area (TPSA) is 68.3 Å². The number of carbonyl (C=O) groups is 2. The van der Waals surface area contributed by atoms with E-state index in [1.165, 1.54) is 22.5 Å². The molecule has 25 heavy (non-hydrogen) atoms. The lowest BCUT2D eigenvalue weighted by Gasteiger charge is -2.08. The Kier molecular flexibility index (Phi) is 5.40. The zero-order valence-electron chi connectivity index (χ0n) is 13.8. The minimum absolute atomic E-state index is 0.284. The molecule has 0 spiro atoms. The molecule has 0 radical (unpaired) electrons. The van der Waals surface area contributed by atoms with Crippen LogP contribution in [0.15, 0.2) is 48.0 Å². The molecule has 0 bridgehead atoms. The standard InChI is InChI=1S/C19H18N2O3S/c1-13-4-2-3-5-14(13)8-9-20-18(22)11-24-19(23)15-6-7-16-17(10-15)25-12-21-16/h2-7,10,12H,8-9,11H2,1H3,(H,20,22). The Morgan fingerprint density at radius 3 is 2.88 bits per heavy atom. The number of nitrogens with one attached hydrogen (secondary N) is 1. The van der Waals surface area contributed by atoms with E-state index < -0.39 is 5.97 Å². The van der Waals surface area contributed by atoms with E-state index in [2.05, 4.69) is 10.3 Å². The lowest BCUT2D eigenvalue weighted by atomic mass is 10.1. The van der Waals surface area contributed by atoms with Crippen LogP contribution in [0.1, 0.15) is 21.5 Å². The Morgan fingerprint density at radius 1 is 1.20 bits per heavy atom. The summed E-state index contributed by atoms with van der Waals surface area (Å²) in [5.74, 6) is -0.815. The third kappa shape index (κ3) is 4.42. The number of nitrogens with zero attached hydrogens (tertiary/aromatic N) is 1. The first-order valence-corrected chi connectivity index (χ1v) is 8.83. The van der Waals surface area contributed by atoms with Crippen LogP contribution >= 0.6 is 11.3 Å². The fourth-order valence-corrected chi connectivity index (χ4v) is 3.19. The molecule has 1 heterocycles. The molecule has 0 saturated carbocycles. The molecule has 0 saturated heterocycles. The molecule has 128 valence electrons. The van der Waals surface area contributed by atoms with Gasteiger partial charge in [0, 0.05) is 6.54 Å². The fraction of sp³-hybridized carbons (Fsp3) is 0.211. The molecule has 1 N–H and O–H groups in total. The highest BCUT2D eigenvalue weighted by Crippen LogP contribution is 2.19. The van der Waals surface area contributed by atoms with Gasteiger partial charge in [0.05, 0.1) is 21.3 Å². The summed E-state index contributed by atoms with van der Waals surface area (Å²) in [6.45, 7) is 2.26. The van der Waals surface area contributed by atoms with Crippen LogP contribution in [-0.4, -0.2) is 30.0 Å². The lowest BCUT2D eigenvalue weighted by Crippen LogP contribution is -2.30. The van der Waals surface area contributed by atoms with Gasteiger partial charge in [-0.1, -0.05) is 24.3 Å². The second-order valence-electron chi connectivity index (χ2n) is 5.64. The molecule has 1 amide bonds. The van der Waals surface area contributed by atoms with Crippen molar-refractivity contribution in [2.75, 3.05) is 13.2 Å². The molecule has 0 atom stereocenters. The van der Waals surface area contributed by atoms with Crippen molar-refractivity contribution in [1.29, 1.82) is 0 Å². The molecule has 2 aromatic carbocycles. The molecule has 0 aliphatic rings. The Bertz CT molecular complexity index is 904. The number of rotatable bonds is 6. The maximum Gasteiger partial charge on any atom is 0.338 e. The Hall–Kier alpha value is -2.73. The molecule has 0 aliphatic carbocycles. The first-order valence-electron chi connectivity index (χ1n) is 7.95. The lowest BCUT2D eigenvalue weighted by molar-refractivity contribution is -0.124. The summed E-state index contributed by atoms with van der Waals surface area (Å²) in [5.41, 5.74) is 5.38. The number of aromatic nitrogens is 1. The number of aryl methyl sites for hydroxylation is 1. The fourth-order valence-electron chi connectivity index (χ4n) is 2.47. The van der Waals surface area contributed by atoms with E-state index in [1.807, 2.05) is 31.2 Å². The number of amides is 1. The van der Waals surface area contributed by atoms with Crippen molar-refractivity contribution in [3.05, 3.63) is 64.7 Å². The maximum atomic E-state index is 12.0. The van der Waals surface area contributed by atoms with Crippen molar-refractivity contribution < 1.29 is 14.3 Å². The zero-order valence-corrected chi connectivity index (χ0v) is 14.6. The van der Waals surface area contributed by atoms with Gasteiger partial charge in [-0.2, -0.15) is 0 Å². The second-order valence-corrected chi connectivity index (χ2v) is 6.52. The van der Waals surface area contributed by atoms with Gasteiger partial charge >= 0.3 is 5.97 Å². The highest BCUT2D eigenvalue weighted by molar-refractivity contribution is 7.16. The number of fused-ring (bicyclic) bond motifs is 1. The van der Waals surface area contributed by atoms with Crippen molar-refractivity contribution in [2.45, 2.75) is 13.3 Å². The molecule has 5 nitrogen and oxygen atoms in total. The molecule has 3 rings (SSSR count). The van der Waals surface area contributed by atoms with Crippen molar-refractivity contribution in [2.24, 2.45) is 0 Å². The number of ether oxygens (including phenoxy) is 1. The third-order valence-electron chi connectivity index (χ3n) is 3.88. The number of carbonyl (C=O) groups excluding carboxylic acids is 2. The van der Waals surface area contributed by atoms with Gasteiger partial charge in [0.1, 0.15) is 0 Å². The van der Waals surface area contributed by atoms with Gasteiger partial charge in [0.25, 0.3) is 5.91 Å². The summed E-state index contributed by atoms with van der Waals surface area (Å²) >= 11 is 1.46. The van der Waals surface area contributed by atoms with Crippen molar-refractivity contribution >= 4 is 33.4 Å². The minimum Gasteiger partial charge on any atom is -0.452 e. The summed E-state index contributed by atoms with van der Waals surface area (Å²) < 4.78 is 5.99. The average molecular weight is 354 g/mol. The minimum atomic E-state index is -0.510. The maximum absolute atomic E-state index is 12.0. The summed E-state index contributed by atoms with van der Waals surface area (Å²) in [6, 6.07) is 13.2. The monoisotopic (exact) mass is 354 g/mol. The van der Waals surface area contributed by atoms with Crippen LogP contribution in [-0.2, 0) is 16.0 Å². The third-order valence-corrected chi connectivity index (χ3v) is 4.67. The van der Waals surface area contributed by atoms with Crippen molar-refractivity contribution in [3.8, 4) is 0 Å². The van der Waals surface area contributed by atoms with Gasteiger partial charge in [-0.3, -0.25) is 4.79 Å². The Morgan fingerprint density at radius 2 is 2.04 bits per heavy atom. The van der Waals surface area contributed by atoms with Crippen molar-refractivity contribution in [1.82, 2.24) is 10.3 Å². The van der Waals surface area contributed by atoms with E-state index in [1.54, 1.807) is 23.7 Å². The molecular weight excluding hydrogens is 336 g/mol. The first-order chi connectivity index (χ1) is 12.1. The smallest absolute Gasteiger partial charge is 0.338 e. The largest absolute Gasteiger partial charge is 0.452 e. The summed E-state index contributed by atoms with van der Waals surface area (Å²) in [5, 5.41) is 2.77. The number of thiazole rings is 1. The quantitative estimate of drug-likeness (QED) is 0.691. The van der Waals surface area contributed by atoms with Crippen LogP contribution in [0.3, 0.4) is 0 Å². The van der Waals surface area contributed by atoms with Crippen LogP contribution in [0, 0.1) is 6.92 Å². The number of hydrogen-bond donors (Lipinski definition) is 1. The van der Waals surface area contributed by atoms with Crippen LogP contribution in [0.4, 0.5) is 0 Å². The highest BCUT2D eigenvalue weighted by atomic mass is 32.1. The van der Waals surface area contributed by atoms with E-state index in [-0.39, 0.29) is 12.5 Å². The van der Waals surface area contributed by atoms with E-state index in [9.17, 15) is 9.59 Å². The van der Waals surface area contributed by atoms with E-state index in [4.69, 9.17) is 4.74 Å². The van der Waals surface area contributed by atoms with E-state index >= 15 is 0 Å². The molecule has 6 heteroatoms. The van der Waals surface area contributed by atoms with Gasteiger partial charge in [-0.05, 0) is 42.7 Å². The first kappa shape index (κ1) is 17.1. The summed E-state index contributed by atoms with van der Waals surface area (Å²) in [7, 11) is 0. The predicted molar refractivity (Wildman–Crippen MR) is 97.8 cm³/mol. The zero-order chi connectivity index (χ0) is 17.6. The molecule has 3 aromatic rings. The van der Waals surface area contributed by atoms with Crippen LogP contribution < -0.4 is 5.32 Å². The molecular formula is C19H18N2O3S. The highest BCUT2D eigenvalue weighted by Gasteiger charge is 2.11. The van der Waals surface area contributed by atoms with Crippen molar-refractivity contribution in [3.63, 3.8) is 0 Å². The number of benzene rings is 2. The molecule has 0 aliphatic heterocycles. The van der Waals surface area contributed by atoms with E-state index in [0.717, 1.165) is 16.6 Å². The van der Waals surface area contributed by atoms with Gasteiger partial charge < -0.3 is 10.1 Å². The second kappa shape index (κ2) is 7.90. The Labute approximate surface area is 149 Å². The normalized spacial score (nSPS) is 10.6. The molecule has 0 unspecified atom stereocenters.